The van der Waals surface area contributed by atoms with Crippen LogP contribution in [0.2, 0.25) is 0 Å². The number of carboxylic acids is 1. The van der Waals surface area contributed by atoms with Gasteiger partial charge in [0.25, 0.3) is 0 Å². The molecule has 15 heavy (non-hydrogen) atoms. The van der Waals surface area contributed by atoms with Crippen LogP contribution in [0.4, 0.5) is 0 Å². The van der Waals surface area contributed by atoms with Crippen LogP contribution in [-0.2, 0) is 11.2 Å². The van der Waals surface area contributed by atoms with Crippen molar-refractivity contribution in [3.8, 4) is 11.5 Å². The van der Waals surface area contributed by atoms with Crippen molar-refractivity contribution in [1.29, 1.82) is 0 Å². The molecule has 5 heteroatoms. The SMILES string of the molecule is Bc1c(CC(=O)O)ccc(OC)c1OC. The van der Waals surface area contributed by atoms with E-state index in [4.69, 9.17) is 14.6 Å². The summed E-state index contributed by atoms with van der Waals surface area (Å²) < 4.78 is 10.3. The summed E-state index contributed by atoms with van der Waals surface area (Å²) in [5.41, 5.74) is 1.54. The summed E-state index contributed by atoms with van der Waals surface area (Å²) in [7, 11) is 4.91. The van der Waals surface area contributed by atoms with Gasteiger partial charge in [0.1, 0.15) is 7.85 Å². The maximum absolute atomic E-state index is 10.6. The molecule has 0 aliphatic heterocycles. The minimum atomic E-state index is -0.856. The molecule has 0 saturated carbocycles. The first-order valence-corrected chi connectivity index (χ1v) is 4.52. The summed E-state index contributed by atoms with van der Waals surface area (Å²) in [6, 6.07) is 3.45. The lowest BCUT2D eigenvalue weighted by atomic mass is 9.87. The molecule has 0 unspecified atom stereocenters. The van der Waals surface area contributed by atoms with Gasteiger partial charge >= 0.3 is 5.97 Å². The molecule has 0 aromatic heterocycles. The van der Waals surface area contributed by atoms with E-state index in [-0.39, 0.29) is 6.42 Å². The average Bonchev–Trinajstić information content (AvgIpc) is 2.20. The third-order valence-electron chi connectivity index (χ3n) is 2.25. The molecule has 1 aromatic rings. The Morgan fingerprint density at radius 2 is 2.07 bits per heavy atom. The number of hydrogen-bond acceptors (Lipinski definition) is 3. The van der Waals surface area contributed by atoms with Crippen LogP contribution >= 0.6 is 0 Å². The van der Waals surface area contributed by atoms with Gasteiger partial charge in [-0.1, -0.05) is 6.07 Å². The summed E-state index contributed by atoms with van der Waals surface area (Å²) in [6.45, 7) is 0. The molecular weight excluding hydrogens is 195 g/mol. The van der Waals surface area contributed by atoms with E-state index in [1.54, 1.807) is 19.2 Å². The van der Waals surface area contributed by atoms with Crippen LogP contribution in [0.1, 0.15) is 5.56 Å². The summed E-state index contributed by atoms with van der Waals surface area (Å²) in [6.07, 6.45) is -0.00775. The van der Waals surface area contributed by atoms with Gasteiger partial charge in [-0.05, 0) is 17.1 Å². The predicted molar refractivity (Wildman–Crippen MR) is 59.1 cm³/mol. The molecule has 4 nitrogen and oxygen atoms in total. The molecule has 1 aromatic carbocycles. The Morgan fingerprint density at radius 1 is 1.40 bits per heavy atom. The molecule has 0 heterocycles. The Morgan fingerprint density at radius 3 is 2.53 bits per heavy atom. The Balaban J connectivity index is 3.16. The van der Waals surface area contributed by atoms with Crippen molar-refractivity contribution in [2.24, 2.45) is 0 Å². The minimum Gasteiger partial charge on any atom is -0.493 e. The Kier molecular flexibility index (Phi) is 3.60. The van der Waals surface area contributed by atoms with Gasteiger partial charge in [0.15, 0.2) is 11.5 Å². The largest absolute Gasteiger partial charge is 0.493 e. The molecule has 0 amide bonds. The fraction of sp³-hybridized carbons (Fsp3) is 0.300. The Bertz CT molecular complexity index is 376. The quantitative estimate of drug-likeness (QED) is 0.683. The van der Waals surface area contributed by atoms with E-state index in [1.807, 2.05) is 7.85 Å². The highest BCUT2D eigenvalue weighted by atomic mass is 16.5. The molecule has 0 spiro atoms. The van der Waals surface area contributed by atoms with Crippen molar-refractivity contribution in [2.45, 2.75) is 6.42 Å². The molecule has 1 rings (SSSR count). The normalized spacial score (nSPS) is 9.73. The minimum absolute atomic E-state index is 0.00775. The number of carboxylic acid groups (broad SMARTS) is 1. The molecule has 0 aliphatic carbocycles. The number of benzene rings is 1. The maximum atomic E-state index is 10.6. The van der Waals surface area contributed by atoms with Crippen molar-refractivity contribution in [2.75, 3.05) is 14.2 Å². The van der Waals surface area contributed by atoms with Gasteiger partial charge in [0.2, 0.25) is 0 Å². The predicted octanol–water partition coefficient (Wildman–Crippen LogP) is -0.411. The first-order valence-electron chi connectivity index (χ1n) is 4.52. The highest BCUT2D eigenvalue weighted by Gasteiger charge is 2.12. The zero-order valence-corrected chi connectivity index (χ0v) is 9.03. The second-order valence-electron chi connectivity index (χ2n) is 3.16. The molecular formula is C10H13BO4. The smallest absolute Gasteiger partial charge is 0.307 e. The molecule has 0 saturated heterocycles. The van der Waals surface area contributed by atoms with E-state index < -0.39 is 5.97 Å². The van der Waals surface area contributed by atoms with Crippen molar-refractivity contribution in [3.63, 3.8) is 0 Å². The highest BCUT2D eigenvalue weighted by molar-refractivity contribution is 6.35. The first kappa shape index (κ1) is 11.4. The molecule has 0 radical (unpaired) electrons. The van der Waals surface area contributed by atoms with Crippen LogP contribution in [0, 0.1) is 0 Å². The monoisotopic (exact) mass is 208 g/mol. The third kappa shape index (κ3) is 2.43. The fourth-order valence-corrected chi connectivity index (χ4v) is 1.48. The molecule has 0 bridgehead atoms. The van der Waals surface area contributed by atoms with Crippen molar-refractivity contribution in [3.05, 3.63) is 17.7 Å². The summed E-state index contributed by atoms with van der Waals surface area (Å²) in [5.74, 6) is 0.353. The van der Waals surface area contributed by atoms with Crippen molar-refractivity contribution in [1.82, 2.24) is 0 Å². The maximum Gasteiger partial charge on any atom is 0.307 e. The van der Waals surface area contributed by atoms with Crippen LogP contribution in [0.25, 0.3) is 0 Å². The zero-order valence-electron chi connectivity index (χ0n) is 9.03. The van der Waals surface area contributed by atoms with Crippen LogP contribution in [-0.4, -0.2) is 33.1 Å². The zero-order chi connectivity index (χ0) is 11.4. The molecule has 0 atom stereocenters. The lowest BCUT2D eigenvalue weighted by Gasteiger charge is -2.13. The summed E-state index contributed by atoms with van der Waals surface area (Å²) in [5, 5.41) is 8.71. The topological polar surface area (TPSA) is 55.8 Å². The number of carbonyl (C=O) groups is 1. The molecule has 1 N–H and O–H groups in total. The third-order valence-corrected chi connectivity index (χ3v) is 2.25. The van der Waals surface area contributed by atoms with Gasteiger partial charge in [-0.2, -0.15) is 0 Å². The number of hydrogen-bond donors (Lipinski definition) is 1. The molecule has 80 valence electrons. The van der Waals surface area contributed by atoms with E-state index in [0.717, 1.165) is 11.0 Å². The molecule has 0 fully saturated rings. The standard InChI is InChI=1S/C10H13BO4/c1-14-7-4-3-6(5-8(12)13)9(11)10(7)15-2/h3-4H,5,11H2,1-2H3,(H,12,13). The highest BCUT2D eigenvalue weighted by Crippen LogP contribution is 2.24. The second kappa shape index (κ2) is 4.73. The van der Waals surface area contributed by atoms with E-state index in [2.05, 4.69) is 0 Å². The van der Waals surface area contributed by atoms with Gasteiger partial charge in [0.05, 0.1) is 20.6 Å². The second-order valence-corrected chi connectivity index (χ2v) is 3.16. The summed E-state index contributed by atoms with van der Waals surface area (Å²) in [4.78, 5) is 10.6. The fourth-order valence-electron chi connectivity index (χ4n) is 1.48. The van der Waals surface area contributed by atoms with Gasteiger partial charge in [0, 0.05) is 0 Å². The van der Waals surface area contributed by atoms with Crippen molar-refractivity contribution >= 4 is 19.3 Å². The lowest BCUT2D eigenvalue weighted by Crippen LogP contribution is -2.17. The van der Waals surface area contributed by atoms with Crippen LogP contribution in [0.3, 0.4) is 0 Å². The van der Waals surface area contributed by atoms with E-state index in [9.17, 15) is 4.79 Å². The van der Waals surface area contributed by atoms with Gasteiger partial charge < -0.3 is 14.6 Å². The molecule has 0 aliphatic rings. The van der Waals surface area contributed by atoms with Gasteiger partial charge in [-0.25, -0.2) is 0 Å². The van der Waals surface area contributed by atoms with E-state index in [0.29, 0.717) is 11.5 Å². The number of ether oxygens (including phenoxy) is 2. The van der Waals surface area contributed by atoms with Crippen LogP contribution < -0.4 is 14.9 Å². The summed E-state index contributed by atoms with van der Waals surface area (Å²) >= 11 is 0. The lowest BCUT2D eigenvalue weighted by molar-refractivity contribution is -0.136. The van der Waals surface area contributed by atoms with E-state index >= 15 is 0 Å². The van der Waals surface area contributed by atoms with Crippen molar-refractivity contribution < 1.29 is 19.4 Å². The van der Waals surface area contributed by atoms with Gasteiger partial charge in [-0.15, -0.1) is 0 Å². The number of methoxy groups -OCH3 is 2. The average molecular weight is 208 g/mol. The van der Waals surface area contributed by atoms with Crippen LogP contribution in [0.5, 0.6) is 11.5 Å². The first-order chi connectivity index (χ1) is 7.10. The number of aliphatic carboxylic acids is 1. The Labute approximate surface area is 89.2 Å². The van der Waals surface area contributed by atoms with Crippen LogP contribution in [0.15, 0.2) is 12.1 Å². The van der Waals surface area contributed by atoms with E-state index in [1.165, 1.54) is 7.11 Å². The Hall–Kier alpha value is -1.65. The van der Waals surface area contributed by atoms with Gasteiger partial charge in [-0.3, -0.25) is 4.79 Å². The number of rotatable bonds is 4.